The predicted octanol–water partition coefficient (Wildman–Crippen LogP) is 5.34. The zero-order valence-corrected chi connectivity index (χ0v) is 19.3. The molecule has 0 aliphatic rings. The summed E-state index contributed by atoms with van der Waals surface area (Å²) >= 11 is 1.22. The van der Waals surface area contributed by atoms with Gasteiger partial charge in [0.15, 0.2) is 6.61 Å². The van der Waals surface area contributed by atoms with Crippen LogP contribution in [-0.2, 0) is 11.4 Å². The van der Waals surface area contributed by atoms with Crippen LogP contribution in [0.25, 0.3) is 0 Å². The molecule has 1 unspecified atom stereocenters. The average Bonchev–Trinajstić information content (AvgIpc) is 3.29. The minimum absolute atomic E-state index is 0.117. The first kappa shape index (κ1) is 22.6. The first-order valence-electron chi connectivity index (χ1n) is 10.7. The van der Waals surface area contributed by atoms with Crippen molar-refractivity contribution in [2.45, 2.75) is 37.0 Å². The fraction of sp³-hybridized carbons (Fsp3) is 0.192. The Balaban J connectivity index is 1.38. The summed E-state index contributed by atoms with van der Waals surface area (Å²) in [5.41, 5.74) is 3.14. The molecule has 0 saturated heterocycles. The molecule has 0 aliphatic heterocycles. The van der Waals surface area contributed by atoms with E-state index in [-0.39, 0.29) is 18.6 Å². The number of hydrogen-bond acceptors (Lipinski definition) is 6. The van der Waals surface area contributed by atoms with Gasteiger partial charge in [-0.1, -0.05) is 84.6 Å². The highest BCUT2D eigenvalue weighted by molar-refractivity contribution is 8.00. The zero-order valence-electron chi connectivity index (χ0n) is 18.5. The van der Waals surface area contributed by atoms with E-state index >= 15 is 0 Å². The number of rotatable bonds is 9. The Morgan fingerprint density at radius 3 is 2.27 bits per heavy atom. The topological polar surface area (TPSA) is 77.2 Å². The molecule has 0 bridgehead atoms. The number of amides is 1. The molecular formula is C26H25N3O3S. The van der Waals surface area contributed by atoms with E-state index in [1.165, 1.54) is 11.8 Å². The van der Waals surface area contributed by atoms with Crippen molar-refractivity contribution in [1.29, 1.82) is 0 Å². The Bertz CT molecular complexity index is 1140. The van der Waals surface area contributed by atoms with Crippen molar-refractivity contribution in [1.82, 2.24) is 15.5 Å². The van der Waals surface area contributed by atoms with E-state index in [9.17, 15) is 4.79 Å². The second-order valence-electron chi connectivity index (χ2n) is 7.59. The maximum atomic E-state index is 13.0. The minimum Gasteiger partial charge on any atom is -0.484 e. The number of carbonyl (C=O) groups excluding carboxylic acids is 1. The van der Waals surface area contributed by atoms with Crippen molar-refractivity contribution >= 4 is 17.7 Å². The van der Waals surface area contributed by atoms with Gasteiger partial charge in [0, 0.05) is 0 Å². The maximum Gasteiger partial charge on any atom is 0.277 e. The molecular weight excluding hydrogens is 434 g/mol. The van der Waals surface area contributed by atoms with Crippen LogP contribution in [0.4, 0.5) is 0 Å². The van der Waals surface area contributed by atoms with Gasteiger partial charge in [0.1, 0.15) is 5.75 Å². The molecule has 1 amide bonds. The van der Waals surface area contributed by atoms with Crippen LogP contribution in [0.3, 0.4) is 0 Å². The first-order valence-corrected chi connectivity index (χ1v) is 11.6. The molecule has 7 heteroatoms. The lowest BCUT2D eigenvalue weighted by atomic mass is 9.98. The normalized spacial score (nSPS) is 11.8. The number of ether oxygens (including phenoxy) is 1. The molecule has 4 aromatic rings. The summed E-state index contributed by atoms with van der Waals surface area (Å²) in [6.07, 6.45) is 0. The lowest BCUT2D eigenvalue weighted by Crippen LogP contribution is -2.34. The minimum atomic E-state index is -0.425. The van der Waals surface area contributed by atoms with Crippen LogP contribution in [0.1, 0.15) is 35.5 Å². The van der Waals surface area contributed by atoms with Crippen molar-refractivity contribution in [2.24, 2.45) is 0 Å². The second kappa shape index (κ2) is 10.8. The van der Waals surface area contributed by atoms with Crippen LogP contribution >= 0.6 is 11.8 Å². The third-order valence-electron chi connectivity index (χ3n) is 5.00. The van der Waals surface area contributed by atoms with E-state index in [4.69, 9.17) is 9.15 Å². The Labute approximate surface area is 197 Å². The fourth-order valence-corrected chi connectivity index (χ4v) is 4.02. The van der Waals surface area contributed by atoms with Crippen molar-refractivity contribution in [2.75, 3.05) is 0 Å². The van der Waals surface area contributed by atoms with Gasteiger partial charge < -0.3 is 14.5 Å². The largest absolute Gasteiger partial charge is 0.484 e. The summed E-state index contributed by atoms with van der Waals surface area (Å²) in [6.45, 7) is 3.99. The maximum absolute atomic E-state index is 13.0. The van der Waals surface area contributed by atoms with Crippen molar-refractivity contribution in [3.05, 3.63) is 108 Å². The molecule has 0 spiro atoms. The Kier molecular flexibility index (Phi) is 7.42. The standard InChI is InChI=1S/C26H25N3O3S/c1-18-10-9-15-22(16-18)31-17-23-28-29-26(32-23)33-19(2)25(30)27-24(20-11-5-3-6-12-20)21-13-7-4-8-14-21/h3-16,19,24H,17H2,1-2H3,(H,27,30). The van der Waals surface area contributed by atoms with Crippen LogP contribution in [0, 0.1) is 6.92 Å². The third kappa shape index (κ3) is 6.23. The number of aromatic nitrogens is 2. The molecule has 0 saturated carbocycles. The van der Waals surface area contributed by atoms with E-state index in [0.29, 0.717) is 11.1 Å². The molecule has 1 heterocycles. The second-order valence-corrected chi connectivity index (χ2v) is 8.88. The van der Waals surface area contributed by atoms with Crippen LogP contribution in [0.15, 0.2) is 94.6 Å². The van der Waals surface area contributed by atoms with Gasteiger partial charge in [0.05, 0.1) is 11.3 Å². The Morgan fingerprint density at radius 2 is 1.64 bits per heavy atom. The molecule has 1 atom stereocenters. The van der Waals surface area contributed by atoms with Crippen LogP contribution < -0.4 is 10.1 Å². The highest BCUT2D eigenvalue weighted by Crippen LogP contribution is 2.26. The summed E-state index contributed by atoms with van der Waals surface area (Å²) in [5.74, 6) is 0.981. The van der Waals surface area contributed by atoms with Crippen LogP contribution in [0.5, 0.6) is 5.75 Å². The van der Waals surface area contributed by atoms with Crippen molar-refractivity contribution < 1.29 is 13.9 Å². The number of benzene rings is 3. The summed E-state index contributed by atoms with van der Waals surface area (Å²) in [5, 5.41) is 11.1. The number of nitrogens with zero attached hydrogens (tertiary/aromatic N) is 2. The highest BCUT2D eigenvalue weighted by atomic mass is 32.2. The molecule has 1 aromatic heterocycles. The van der Waals surface area contributed by atoms with Crippen LogP contribution in [-0.4, -0.2) is 21.4 Å². The highest BCUT2D eigenvalue weighted by Gasteiger charge is 2.23. The van der Waals surface area contributed by atoms with Gasteiger partial charge in [0.25, 0.3) is 11.1 Å². The molecule has 6 nitrogen and oxygen atoms in total. The SMILES string of the molecule is Cc1cccc(OCc2nnc(SC(C)C(=O)NC(c3ccccc3)c3ccccc3)o2)c1. The lowest BCUT2D eigenvalue weighted by molar-refractivity contribution is -0.120. The Hall–Kier alpha value is -3.58. The van der Waals surface area contributed by atoms with Gasteiger partial charge in [0.2, 0.25) is 5.91 Å². The number of thioether (sulfide) groups is 1. The zero-order chi connectivity index (χ0) is 23.0. The predicted molar refractivity (Wildman–Crippen MR) is 128 cm³/mol. The van der Waals surface area contributed by atoms with E-state index in [0.717, 1.165) is 22.4 Å². The van der Waals surface area contributed by atoms with Gasteiger partial charge in [-0.05, 0) is 42.7 Å². The van der Waals surface area contributed by atoms with Gasteiger partial charge >= 0.3 is 0 Å². The van der Waals surface area contributed by atoms with Crippen molar-refractivity contribution in [3.8, 4) is 5.75 Å². The molecule has 3 aromatic carbocycles. The van der Waals surface area contributed by atoms with Gasteiger partial charge in [-0.25, -0.2) is 0 Å². The monoisotopic (exact) mass is 459 g/mol. The van der Waals surface area contributed by atoms with E-state index < -0.39 is 5.25 Å². The molecule has 168 valence electrons. The van der Waals surface area contributed by atoms with E-state index in [2.05, 4.69) is 15.5 Å². The molecule has 33 heavy (non-hydrogen) atoms. The van der Waals surface area contributed by atoms with Crippen molar-refractivity contribution in [3.63, 3.8) is 0 Å². The summed E-state index contributed by atoms with van der Waals surface area (Å²) < 4.78 is 11.4. The smallest absolute Gasteiger partial charge is 0.277 e. The average molecular weight is 460 g/mol. The number of aryl methyl sites for hydroxylation is 1. The number of nitrogens with one attached hydrogen (secondary N) is 1. The fourth-order valence-electron chi connectivity index (χ4n) is 3.31. The van der Waals surface area contributed by atoms with Crippen LogP contribution in [0.2, 0.25) is 0 Å². The van der Waals surface area contributed by atoms with Gasteiger partial charge in [-0.15, -0.1) is 10.2 Å². The molecule has 4 rings (SSSR count). The third-order valence-corrected chi connectivity index (χ3v) is 5.93. The summed E-state index contributed by atoms with van der Waals surface area (Å²) in [7, 11) is 0. The van der Waals surface area contributed by atoms with E-state index in [1.54, 1.807) is 0 Å². The lowest BCUT2D eigenvalue weighted by Gasteiger charge is -2.21. The van der Waals surface area contributed by atoms with E-state index in [1.807, 2.05) is 98.8 Å². The number of hydrogen-bond donors (Lipinski definition) is 1. The molecule has 0 radical (unpaired) electrons. The summed E-state index contributed by atoms with van der Waals surface area (Å²) in [4.78, 5) is 13.0. The van der Waals surface area contributed by atoms with Gasteiger partial charge in [-0.2, -0.15) is 0 Å². The van der Waals surface area contributed by atoms with Gasteiger partial charge in [-0.3, -0.25) is 4.79 Å². The molecule has 0 aliphatic carbocycles. The first-order chi connectivity index (χ1) is 16.1. The molecule has 0 fully saturated rings. The summed E-state index contributed by atoms with van der Waals surface area (Å²) in [6, 6.07) is 27.3. The number of carbonyl (C=O) groups is 1. The quantitative estimate of drug-likeness (QED) is 0.340. The Morgan fingerprint density at radius 1 is 0.970 bits per heavy atom. The molecule has 1 N–H and O–H groups in total.